The van der Waals surface area contributed by atoms with Gasteiger partial charge in [-0.2, -0.15) is 0 Å². The van der Waals surface area contributed by atoms with Crippen LogP contribution in [0.1, 0.15) is 24.5 Å². The third-order valence-corrected chi connectivity index (χ3v) is 4.82. The van der Waals surface area contributed by atoms with E-state index in [2.05, 4.69) is 0 Å². The highest BCUT2D eigenvalue weighted by molar-refractivity contribution is 5.14. The van der Waals surface area contributed by atoms with Crippen molar-refractivity contribution >= 4 is 0 Å². The molecular weight excluding hydrogens is 344 g/mol. The van der Waals surface area contributed by atoms with E-state index in [-0.39, 0.29) is 6.10 Å². The number of hydrogen-bond acceptors (Lipinski definition) is 5. The largest absolute Gasteiger partial charge is 0.388 e. The molecule has 0 aromatic heterocycles. The highest BCUT2D eigenvalue weighted by Crippen LogP contribution is 2.29. The first-order valence-electron chi connectivity index (χ1n) is 9.40. The standard InChI is InChI=1S/C22H28O5/c1-3-18-19(23)20(25-14-16-10-6-4-7-11-16)21(22(24-2)27-18)26-15-17-12-8-5-9-13-17/h4-13,18-23H,3,14-15H2,1-2H3/t18-,19?,20?,21?,22?/m1/s1. The molecule has 1 aliphatic rings. The molecule has 27 heavy (non-hydrogen) atoms. The molecule has 0 radical (unpaired) electrons. The smallest absolute Gasteiger partial charge is 0.186 e. The first kappa shape index (κ1) is 20.0. The molecule has 1 N–H and O–H groups in total. The molecule has 1 aliphatic heterocycles. The summed E-state index contributed by atoms with van der Waals surface area (Å²) >= 11 is 0. The molecule has 5 atom stereocenters. The first-order valence-corrected chi connectivity index (χ1v) is 9.40. The van der Waals surface area contributed by atoms with E-state index in [9.17, 15) is 5.11 Å². The van der Waals surface area contributed by atoms with E-state index < -0.39 is 24.6 Å². The average molecular weight is 372 g/mol. The third kappa shape index (κ3) is 5.15. The minimum absolute atomic E-state index is 0.354. The fraction of sp³-hybridized carbons (Fsp3) is 0.455. The summed E-state index contributed by atoms with van der Waals surface area (Å²) in [5.74, 6) is 0. The Balaban J connectivity index is 1.73. The molecule has 0 amide bonds. The molecule has 5 heteroatoms. The molecule has 146 valence electrons. The minimum Gasteiger partial charge on any atom is -0.388 e. The van der Waals surface area contributed by atoms with E-state index in [1.807, 2.05) is 67.6 Å². The van der Waals surface area contributed by atoms with Crippen LogP contribution in [0.5, 0.6) is 0 Å². The van der Waals surface area contributed by atoms with Crippen molar-refractivity contribution in [3.05, 3.63) is 71.8 Å². The van der Waals surface area contributed by atoms with Crippen LogP contribution in [0.4, 0.5) is 0 Å². The molecule has 1 heterocycles. The van der Waals surface area contributed by atoms with Crippen LogP contribution in [-0.4, -0.2) is 42.9 Å². The summed E-state index contributed by atoms with van der Waals surface area (Å²) in [7, 11) is 1.59. The lowest BCUT2D eigenvalue weighted by atomic mass is 9.96. The van der Waals surface area contributed by atoms with Crippen LogP contribution in [0.15, 0.2) is 60.7 Å². The summed E-state index contributed by atoms with van der Waals surface area (Å²) in [6, 6.07) is 19.8. The number of methoxy groups -OCH3 is 1. The van der Waals surface area contributed by atoms with Gasteiger partial charge >= 0.3 is 0 Å². The summed E-state index contributed by atoms with van der Waals surface area (Å²) in [5.41, 5.74) is 2.08. The zero-order valence-electron chi connectivity index (χ0n) is 15.9. The van der Waals surface area contributed by atoms with Crippen LogP contribution in [0, 0.1) is 0 Å². The average Bonchev–Trinajstić information content (AvgIpc) is 2.73. The van der Waals surface area contributed by atoms with Crippen molar-refractivity contribution in [2.24, 2.45) is 0 Å². The number of rotatable bonds is 8. The van der Waals surface area contributed by atoms with Gasteiger partial charge in [0.15, 0.2) is 6.29 Å². The molecule has 2 aromatic rings. The highest BCUT2D eigenvalue weighted by atomic mass is 16.7. The zero-order chi connectivity index (χ0) is 19.1. The summed E-state index contributed by atoms with van der Waals surface area (Å²) in [4.78, 5) is 0. The summed E-state index contributed by atoms with van der Waals surface area (Å²) in [6.45, 7) is 2.75. The van der Waals surface area contributed by atoms with Crippen molar-refractivity contribution < 1.29 is 24.1 Å². The Labute approximate surface area is 160 Å². The van der Waals surface area contributed by atoms with Gasteiger partial charge in [0.05, 0.1) is 19.3 Å². The SMILES string of the molecule is CC[C@H]1OC(OC)C(OCc2ccccc2)C(OCc2ccccc2)C1O. The van der Waals surface area contributed by atoms with Gasteiger partial charge in [0.1, 0.15) is 18.3 Å². The van der Waals surface area contributed by atoms with Crippen LogP contribution < -0.4 is 0 Å². The summed E-state index contributed by atoms with van der Waals surface area (Å²) in [6.07, 6.45) is -2.15. The van der Waals surface area contributed by atoms with Gasteiger partial charge in [0.2, 0.25) is 0 Å². The molecule has 5 nitrogen and oxygen atoms in total. The molecule has 3 rings (SSSR count). The summed E-state index contributed by atoms with van der Waals surface area (Å²) < 4.78 is 23.6. The molecular formula is C22H28O5. The molecule has 1 fully saturated rings. The maximum atomic E-state index is 10.8. The molecule has 2 aromatic carbocycles. The fourth-order valence-corrected chi connectivity index (χ4v) is 3.32. The van der Waals surface area contributed by atoms with Gasteiger partial charge in [0.25, 0.3) is 0 Å². The molecule has 0 spiro atoms. The predicted octanol–water partition coefficient (Wildman–Crippen LogP) is 3.30. The fourth-order valence-electron chi connectivity index (χ4n) is 3.32. The van der Waals surface area contributed by atoms with E-state index in [1.165, 1.54) is 0 Å². The second-order valence-corrected chi connectivity index (χ2v) is 6.70. The zero-order valence-corrected chi connectivity index (χ0v) is 15.9. The Hall–Kier alpha value is -1.76. The second kappa shape index (κ2) is 9.97. The van der Waals surface area contributed by atoms with Crippen molar-refractivity contribution in [2.45, 2.75) is 57.3 Å². The molecule has 0 aliphatic carbocycles. The van der Waals surface area contributed by atoms with Gasteiger partial charge in [-0.1, -0.05) is 67.6 Å². The van der Waals surface area contributed by atoms with Gasteiger partial charge in [-0.25, -0.2) is 0 Å². The van der Waals surface area contributed by atoms with Gasteiger partial charge < -0.3 is 24.1 Å². The Morgan fingerprint density at radius 3 is 1.85 bits per heavy atom. The van der Waals surface area contributed by atoms with Crippen molar-refractivity contribution in [1.29, 1.82) is 0 Å². The number of aliphatic hydroxyl groups is 1. The Morgan fingerprint density at radius 1 is 0.852 bits per heavy atom. The van der Waals surface area contributed by atoms with E-state index in [0.29, 0.717) is 19.6 Å². The maximum Gasteiger partial charge on any atom is 0.186 e. The van der Waals surface area contributed by atoms with Gasteiger partial charge in [0, 0.05) is 7.11 Å². The van der Waals surface area contributed by atoms with E-state index >= 15 is 0 Å². The highest BCUT2D eigenvalue weighted by Gasteiger charge is 2.46. The van der Waals surface area contributed by atoms with Crippen molar-refractivity contribution in [2.75, 3.05) is 7.11 Å². The Bertz CT molecular complexity index is 663. The van der Waals surface area contributed by atoms with Crippen LogP contribution in [-0.2, 0) is 32.2 Å². The topological polar surface area (TPSA) is 57.2 Å². The molecule has 0 bridgehead atoms. The van der Waals surface area contributed by atoms with Gasteiger partial charge in [-0.05, 0) is 17.5 Å². The van der Waals surface area contributed by atoms with Crippen molar-refractivity contribution in [3.63, 3.8) is 0 Å². The van der Waals surface area contributed by atoms with Crippen molar-refractivity contribution in [3.8, 4) is 0 Å². The summed E-state index contributed by atoms with van der Waals surface area (Å²) in [5, 5.41) is 10.8. The molecule has 4 unspecified atom stereocenters. The van der Waals surface area contributed by atoms with Crippen LogP contribution in [0.2, 0.25) is 0 Å². The molecule has 0 saturated carbocycles. The number of benzene rings is 2. The van der Waals surface area contributed by atoms with E-state index in [0.717, 1.165) is 11.1 Å². The lowest BCUT2D eigenvalue weighted by Gasteiger charge is -2.43. The molecule has 1 saturated heterocycles. The number of aliphatic hydroxyl groups excluding tert-OH is 1. The minimum atomic E-state index is -0.786. The Morgan fingerprint density at radius 2 is 1.37 bits per heavy atom. The predicted molar refractivity (Wildman–Crippen MR) is 102 cm³/mol. The van der Waals surface area contributed by atoms with E-state index in [1.54, 1.807) is 7.11 Å². The number of hydrogen-bond donors (Lipinski definition) is 1. The lowest BCUT2D eigenvalue weighted by Crippen LogP contribution is -2.59. The van der Waals surface area contributed by atoms with Gasteiger partial charge in [-0.3, -0.25) is 0 Å². The number of ether oxygens (including phenoxy) is 4. The first-order chi connectivity index (χ1) is 13.2. The lowest BCUT2D eigenvalue weighted by molar-refractivity contribution is -0.310. The second-order valence-electron chi connectivity index (χ2n) is 6.70. The Kier molecular flexibility index (Phi) is 7.38. The monoisotopic (exact) mass is 372 g/mol. The van der Waals surface area contributed by atoms with Crippen molar-refractivity contribution in [1.82, 2.24) is 0 Å². The normalized spacial score (nSPS) is 28.2. The van der Waals surface area contributed by atoms with Crippen LogP contribution in [0.3, 0.4) is 0 Å². The van der Waals surface area contributed by atoms with E-state index in [4.69, 9.17) is 18.9 Å². The maximum absolute atomic E-state index is 10.8. The van der Waals surface area contributed by atoms with Crippen LogP contribution >= 0.6 is 0 Å². The third-order valence-electron chi connectivity index (χ3n) is 4.82. The van der Waals surface area contributed by atoms with Crippen LogP contribution in [0.25, 0.3) is 0 Å². The van der Waals surface area contributed by atoms with Gasteiger partial charge in [-0.15, -0.1) is 0 Å². The quantitative estimate of drug-likeness (QED) is 0.771.